The van der Waals surface area contributed by atoms with Crippen LogP contribution in [0.25, 0.3) is 0 Å². The van der Waals surface area contributed by atoms with E-state index in [4.69, 9.17) is 9.98 Å². The average molecular weight is 284 g/mol. The van der Waals surface area contributed by atoms with Crippen molar-refractivity contribution in [2.75, 3.05) is 0 Å². The highest BCUT2D eigenvalue weighted by Crippen LogP contribution is 2.23. The lowest BCUT2D eigenvalue weighted by Crippen LogP contribution is -2.13. The van der Waals surface area contributed by atoms with Crippen LogP contribution in [0.1, 0.15) is 64.2 Å². The maximum atomic E-state index is 4.83. The van der Waals surface area contributed by atoms with Gasteiger partial charge in [-0.15, -0.1) is 0 Å². The molecule has 0 aromatic carbocycles. The van der Waals surface area contributed by atoms with E-state index in [0.29, 0.717) is 18.0 Å². The van der Waals surface area contributed by atoms with E-state index in [0.717, 1.165) is 0 Å². The number of allylic oxidation sites excluding steroid dienone is 4. The summed E-state index contributed by atoms with van der Waals surface area (Å²) in [6.07, 6.45) is 24.2. The molecular formula is C19H28N2. The molecule has 0 heterocycles. The minimum Gasteiger partial charge on any atom is -0.293 e. The highest BCUT2D eigenvalue weighted by atomic mass is 14.8. The predicted molar refractivity (Wildman–Crippen MR) is 91.4 cm³/mol. The smallest absolute Gasteiger partial charge is 0.0499 e. The molecule has 21 heavy (non-hydrogen) atoms. The first-order valence-corrected chi connectivity index (χ1v) is 8.87. The Morgan fingerprint density at radius 1 is 0.810 bits per heavy atom. The predicted octanol–water partition coefficient (Wildman–Crippen LogP) is 4.91. The van der Waals surface area contributed by atoms with Crippen molar-refractivity contribution in [2.24, 2.45) is 15.9 Å². The highest BCUT2D eigenvalue weighted by Gasteiger charge is 2.15. The Bertz CT molecular complexity index is 432. The molecule has 0 spiro atoms. The molecule has 0 saturated heterocycles. The third-order valence-electron chi connectivity index (χ3n) is 5.03. The van der Waals surface area contributed by atoms with Gasteiger partial charge in [-0.1, -0.05) is 56.8 Å². The Kier molecular flexibility index (Phi) is 5.42. The average Bonchev–Trinajstić information content (AvgIpc) is 3.00. The molecule has 3 rings (SSSR count). The third kappa shape index (κ3) is 4.39. The minimum atomic E-state index is 0.360. The zero-order chi connectivity index (χ0) is 14.3. The molecule has 2 fully saturated rings. The molecule has 1 atom stereocenters. The van der Waals surface area contributed by atoms with Crippen molar-refractivity contribution in [3.05, 3.63) is 23.8 Å². The molecule has 0 amide bonds. The minimum absolute atomic E-state index is 0.360. The van der Waals surface area contributed by atoms with Crippen LogP contribution >= 0.6 is 0 Å². The molecule has 114 valence electrons. The Morgan fingerprint density at radius 2 is 1.43 bits per heavy atom. The van der Waals surface area contributed by atoms with Crippen molar-refractivity contribution in [2.45, 2.75) is 76.3 Å². The molecule has 0 aromatic rings. The summed E-state index contributed by atoms with van der Waals surface area (Å²) >= 11 is 0. The van der Waals surface area contributed by atoms with Crippen LogP contribution in [0.2, 0.25) is 0 Å². The van der Waals surface area contributed by atoms with Crippen molar-refractivity contribution in [1.82, 2.24) is 0 Å². The van der Waals surface area contributed by atoms with E-state index in [1.54, 1.807) is 0 Å². The first-order valence-electron chi connectivity index (χ1n) is 8.87. The van der Waals surface area contributed by atoms with Gasteiger partial charge in [-0.3, -0.25) is 9.98 Å². The molecule has 0 aliphatic heterocycles. The van der Waals surface area contributed by atoms with Crippen LogP contribution in [0, 0.1) is 5.92 Å². The summed E-state index contributed by atoms with van der Waals surface area (Å²) in [5, 5.41) is 0. The van der Waals surface area contributed by atoms with Gasteiger partial charge in [0.1, 0.15) is 0 Å². The third-order valence-corrected chi connectivity index (χ3v) is 5.03. The van der Waals surface area contributed by atoms with Gasteiger partial charge < -0.3 is 0 Å². The molecule has 2 heteroatoms. The summed E-state index contributed by atoms with van der Waals surface area (Å²) in [4.78, 5) is 9.65. The topological polar surface area (TPSA) is 24.7 Å². The molecular weight excluding hydrogens is 256 g/mol. The molecule has 0 bridgehead atoms. The summed E-state index contributed by atoms with van der Waals surface area (Å²) < 4.78 is 0. The van der Waals surface area contributed by atoms with E-state index in [1.165, 1.54) is 69.8 Å². The zero-order valence-corrected chi connectivity index (χ0v) is 13.1. The molecule has 0 N–H and O–H groups in total. The van der Waals surface area contributed by atoms with Gasteiger partial charge in [0.15, 0.2) is 0 Å². The van der Waals surface area contributed by atoms with Crippen LogP contribution in [0.3, 0.4) is 0 Å². The van der Waals surface area contributed by atoms with Crippen molar-refractivity contribution in [3.63, 3.8) is 0 Å². The summed E-state index contributed by atoms with van der Waals surface area (Å²) in [5.74, 6) is 0.360. The normalized spacial score (nSPS) is 28.8. The largest absolute Gasteiger partial charge is 0.293 e. The first-order chi connectivity index (χ1) is 10.4. The molecule has 0 radical (unpaired) electrons. The summed E-state index contributed by atoms with van der Waals surface area (Å²) in [5.41, 5.74) is 1.32. The Hall–Kier alpha value is -1.18. The van der Waals surface area contributed by atoms with Crippen LogP contribution < -0.4 is 0 Å². The molecule has 2 nitrogen and oxygen atoms in total. The maximum Gasteiger partial charge on any atom is 0.0499 e. The Morgan fingerprint density at radius 3 is 2.10 bits per heavy atom. The second-order valence-corrected chi connectivity index (χ2v) is 6.74. The zero-order valence-electron chi connectivity index (χ0n) is 13.1. The van der Waals surface area contributed by atoms with E-state index >= 15 is 0 Å². The molecule has 3 aliphatic carbocycles. The van der Waals surface area contributed by atoms with Crippen LogP contribution in [-0.2, 0) is 0 Å². The summed E-state index contributed by atoms with van der Waals surface area (Å²) in [6.45, 7) is 0. The SMILES string of the molecule is C1=CC(C=NC2CCCCC2)C(C=NC2CCCCC2)=C1. The number of hydrogen-bond acceptors (Lipinski definition) is 2. The van der Waals surface area contributed by atoms with Crippen molar-refractivity contribution < 1.29 is 0 Å². The van der Waals surface area contributed by atoms with E-state index in [2.05, 4.69) is 30.7 Å². The van der Waals surface area contributed by atoms with Gasteiger partial charge in [-0.25, -0.2) is 0 Å². The Balaban J connectivity index is 1.53. The van der Waals surface area contributed by atoms with Gasteiger partial charge in [-0.2, -0.15) is 0 Å². The van der Waals surface area contributed by atoms with Gasteiger partial charge in [0.2, 0.25) is 0 Å². The van der Waals surface area contributed by atoms with Crippen LogP contribution in [0.15, 0.2) is 33.8 Å². The number of hydrogen-bond donors (Lipinski definition) is 0. The van der Waals surface area contributed by atoms with Gasteiger partial charge in [0.25, 0.3) is 0 Å². The van der Waals surface area contributed by atoms with Crippen molar-refractivity contribution >= 4 is 12.4 Å². The van der Waals surface area contributed by atoms with Gasteiger partial charge in [0, 0.05) is 30.4 Å². The second kappa shape index (κ2) is 7.72. The molecule has 3 aliphatic rings. The maximum absolute atomic E-state index is 4.83. The fourth-order valence-corrected chi connectivity index (χ4v) is 3.64. The van der Waals surface area contributed by atoms with Gasteiger partial charge in [-0.05, 0) is 31.3 Å². The van der Waals surface area contributed by atoms with E-state index in [1.807, 2.05) is 0 Å². The quantitative estimate of drug-likeness (QED) is 0.656. The summed E-state index contributed by atoms with van der Waals surface area (Å²) in [6, 6.07) is 1.14. The fraction of sp³-hybridized carbons (Fsp3) is 0.684. The molecule has 1 unspecified atom stereocenters. The van der Waals surface area contributed by atoms with E-state index in [-0.39, 0.29) is 0 Å². The van der Waals surface area contributed by atoms with Gasteiger partial charge in [0.05, 0.1) is 0 Å². The summed E-state index contributed by atoms with van der Waals surface area (Å²) in [7, 11) is 0. The van der Waals surface area contributed by atoms with Crippen molar-refractivity contribution in [1.29, 1.82) is 0 Å². The van der Waals surface area contributed by atoms with E-state index in [9.17, 15) is 0 Å². The lowest BCUT2D eigenvalue weighted by molar-refractivity contribution is 0.443. The number of aliphatic imine (C=N–C) groups is 2. The molecule has 0 aromatic heterocycles. The molecule has 2 saturated carbocycles. The van der Waals surface area contributed by atoms with Crippen LogP contribution in [0.4, 0.5) is 0 Å². The number of rotatable bonds is 4. The lowest BCUT2D eigenvalue weighted by Gasteiger charge is -2.18. The van der Waals surface area contributed by atoms with Crippen LogP contribution in [-0.4, -0.2) is 24.5 Å². The number of nitrogens with zero attached hydrogens (tertiary/aromatic N) is 2. The second-order valence-electron chi connectivity index (χ2n) is 6.74. The van der Waals surface area contributed by atoms with Gasteiger partial charge >= 0.3 is 0 Å². The van der Waals surface area contributed by atoms with E-state index < -0.39 is 0 Å². The highest BCUT2D eigenvalue weighted by molar-refractivity contribution is 5.89. The monoisotopic (exact) mass is 284 g/mol. The lowest BCUT2D eigenvalue weighted by atomic mass is 9.95. The standard InChI is InChI=1S/C19H28N2/c1-3-10-18(11-4-1)20-14-16-8-7-9-17(16)15-21-19-12-5-2-6-13-19/h7-9,14-16,18-19H,1-6,10-13H2. The van der Waals surface area contributed by atoms with Crippen LogP contribution in [0.5, 0.6) is 0 Å². The Labute approximate surface area is 129 Å². The fourth-order valence-electron chi connectivity index (χ4n) is 3.64. The van der Waals surface area contributed by atoms with Crippen molar-refractivity contribution in [3.8, 4) is 0 Å². The first kappa shape index (κ1) is 14.7.